The van der Waals surface area contributed by atoms with Gasteiger partial charge in [-0.15, -0.1) is 0 Å². The summed E-state index contributed by atoms with van der Waals surface area (Å²) in [5.41, 5.74) is 2.53. The van der Waals surface area contributed by atoms with Crippen LogP contribution in [0, 0.1) is 29.4 Å². The number of aliphatic hydroxyl groups is 1. The van der Waals surface area contributed by atoms with Crippen molar-refractivity contribution in [2.75, 3.05) is 6.61 Å². The minimum atomic E-state index is -1.95. The molecule has 0 amide bonds. The van der Waals surface area contributed by atoms with Gasteiger partial charge in [0.25, 0.3) is 0 Å². The smallest absolute Gasteiger partial charge is 0.333 e. The van der Waals surface area contributed by atoms with E-state index in [-0.39, 0.29) is 24.7 Å². The van der Waals surface area contributed by atoms with Crippen LogP contribution >= 0.6 is 0 Å². The topological polar surface area (TPSA) is 46.5 Å². The molecule has 1 N–H and O–H groups in total. The summed E-state index contributed by atoms with van der Waals surface area (Å²) in [6.07, 6.45) is 17.7. The summed E-state index contributed by atoms with van der Waals surface area (Å²) in [7, 11) is -1.95. The molecule has 0 saturated heterocycles. The van der Waals surface area contributed by atoms with Crippen LogP contribution in [-0.2, 0) is 16.1 Å². The highest BCUT2D eigenvalue weighted by Gasteiger charge is 2.33. The molecule has 2 aromatic rings. The highest BCUT2D eigenvalue weighted by molar-refractivity contribution is 6.90. The second kappa shape index (κ2) is 17.9. The number of rotatable bonds is 16. The number of hydrogen-bond acceptors (Lipinski definition) is 3. The Labute approximate surface area is 284 Å². The zero-order chi connectivity index (χ0) is 34.0. The maximum atomic E-state index is 15.9. The fraction of sp³-hybridized carbons (Fsp3) is 0.634. The number of halogens is 2. The van der Waals surface area contributed by atoms with Crippen molar-refractivity contribution in [3.8, 4) is 11.1 Å². The first-order valence-corrected chi connectivity index (χ1v) is 21.8. The predicted molar refractivity (Wildman–Crippen MR) is 194 cm³/mol. The fourth-order valence-electron chi connectivity index (χ4n) is 8.43. The molecular weight excluding hydrogens is 607 g/mol. The van der Waals surface area contributed by atoms with E-state index in [4.69, 9.17) is 4.74 Å². The van der Waals surface area contributed by atoms with E-state index in [9.17, 15) is 9.90 Å². The average molecular weight is 667 g/mol. The van der Waals surface area contributed by atoms with Gasteiger partial charge in [-0.1, -0.05) is 113 Å². The molecule has 3 nitrogen and oxygen atoms in total. The summed E-state index contributed by atoms with van der Waals surface area (Å²) in [5.74, 6) is 0.559. The lowest BCUT2D eigenvalue weighted by molar-refractivity contribution is -0.140. The lowest BCUT2D eigenvalue weighted by atomic mass is 9.68. The molecule has 0 bridgehead atoms. The summed E-state index contributed by atoms with van der Waals surface area (Å²) in [4.78, 5) is 12.3. The van der Waals surface area contributed by atoms with E-state index < -0.39 is 25.7 Å². The van der Waals surface area contributed by atoms with Gasteiger partial charge in [-0.2, -0.15) is 0 Å². The molecule has 0 heterocycles. The van der Waals surface area contributed by atoms with Crippen molar-refractivity contribution in [3.63, 3.8) is 0 Å². The highest BCUT2D eigenvalue weighted by atomic mass is 28.3. The first-order valence-electron chi connectivity index (χ1n) is 18.6. The SMILES string of the molecule is C=C(C)C(=O)OCc1cc(-c2ccc(C3CCC(C4CCC(CCCCC)CC4)CC3)c(F)c2F)ccc1[Si](C)(C)CCCCCO. The molecule has 4 rings (SSSR count). The molecule has 2 saturated carbocycles. The Hall–Kier alpha value is -2.31. The van der Waals surface area contributed by atoms with Gasteiger partial charge in [-0.3, -0.25) is 0 Å². The molecule has 0 radical (unpaired) electrons. The van der Waals surface area contributed by atoms with E-state index in [1.165, 1.54) is 51.4 Å². The van der Waals surface area contributed by atoms with Crippen molar-refractivity contribution in [2.45, 2.75) is 142 Å². The lowest BCUT2D eigenvalue weighted by Crippen LogP contribution is -2.43. The molecule has 0 unspecified atom stereocenters. The van der Waals surface area contributed by atoms with Crippen LogP contribution in [0.2, 0.25) is 19.1 Å². The van der Waals surface area contributed by atoms with Crippen LogP contribution in [0.15, 0.2) is 42.5 Å². The number of carbonyl (C=O) groups excluding carboxylic acids is 1. The quantitative estimate of drug-likeness (QED) is 0.0839. The number of hydrogen-bond donors (Lipinski definition) is 1. The van der Waals surface area contributed by atoms with E-state index in [0.29, 0.717) is 16.7 Å². The molecule has 0 aromatic heterocycles. The zero-order valence-electron chi connectivity index (χ0n) is 29.7. The summed E-state index contributed by atoms with van der Waals surface area (Å²) in [5, 5.41) is 10.3. The lowest BCUT2D eigenvalue weighted by Gasteiger charge is -2.38. The van der Waals surface area contributed by atoms with Crippen LogP contribution in [0.25, 0.3) is 11.1 Å². The summed E-state index contributed by atoms with van der Waals surface area (Å²) in [6.45, 7) is 12.4. The molecule has 0 atom stereocenters. The first kappa shape index (κ1) is 37.5. The minimum Gasteiger partial charge on any atom is -0.457 e. The number of carbonyl (C=O) groups is 1. The van der Waals surface area contributed by atoms with E-state index in [1.54, 1.807) is 13.0 Å². The van der Waals surface area contributed by atoms with Gasteiger partial charge in [-0.05, 0) is 98.3 Å². The molecular formula is C41H60F2O3Si. The van der Waals surface area contributed by atoms with Crippen molar-refractivity contribution in [3.05, 3.63) is 65.2 Å². The van der Waals surface area contributed by atoms with E-state index in [1.807, 2.05) is 24.3 Å². The molecule has 2 fully saturated rings. The predicted octanol–water partition coefficient (Wildman–Crippen LogP) is 11.0. The number of benzene rings is 2. The van der Waals surface area contributed by atoms with Gasteiger partial charge in [0.2, 0.25) is 0 Å². The van der Waals surface area contributed by atoms with E-state index in [0.717, 1.165) is 79.5 Å². The molecule has 2 aliphatic rings. The number of aliphatic hydroxyl groups excluding tert-OH is 1. The Balaban J connectivity index is 1.45. The van der Waals surface area contributed by atoms with Crippen LogP contribution in [0.1, 0.15) is 127 Å². The normalized spacial score (nSPS) is 21.9. The average Bonchev–Trinajstić information content (AvgIpc) is 3.07. The van der Waals surface area contributed by atoms with Crippen molar-refractivity contribution in [2.24, 2.45) is 17.8 Å². The second-order valence-electron chi connectivity index (χ2n) is 15.4. The molecule has 0 aliphatic heterocycles. The molecule has 47 heavy (non-hydrogen) atoms. The zero-order valence-corrected chi connectivity index (χ0v) is 30.7. The van der Waals surface area contributed by atoms with Gasteiger partial charge in [0.1, 0.15) is 6.61 Å². The Morgan fingerprint density at radius 3 is 2.21 bits per heavy atom. The Morgan fingerprint density at radius 2 is 1.57 bits per heavy atom. The third-order valence-electron chi connectivity index (χ3n) is 11.4. The van der Waals surface area contributed by atoms with Crippen molar-refractivity contribution >= 4 is 19.2 Å². The summed E-state index contributed by atoms with van der Waals surface area (Å²) in [6, 6.07) is 10.4. The van der Waals surface area contributed by atoms with Crippen LogP contribution in [0.4, 0.5) is 8.78 Å². The molecule has 2 aromatic carbocycles. The standard InChI is InChI=1S/C41H60F2O3Si/c1-6-7-9-12-30-13-15-31(16-14-30)32-17-19-33(20-18-32)36-22-23-37(40(43)39(36)42)34-21-24-38(47(4,5)26-11-8-10-25-44)35(27-34)28-46-41(45)29(2)3/h21-24,27,30-33,44H,2,6-20,25-26,28H2,1,3-5H3. The molecule has 6 heteroatoms. The Kier molecular flexibility index (Phi) is 14.3. The largest absolute Gasteiger partial charge is 0.457 e. The van der Waals surface area contributed by atoms with E-state index in [2.05, 4.69) is 26.6 Å². The third-order valence-corrected chi connectivity index (χ3v) is 15.0. The first-order chi connectivity index (χ1) is 22.6. The van der Waals surface area contributed by atoms with Crippen molar-refractivity contribution < 1.29 is 23.4 Å². The van der Waals surface area contributed by atoms with Crippen LogP contribution in [0.5, 0.6) is 0 Å². The molecule has 260 valence electrons. The molecule has 0 spiro atoms. The van der Waals surface area contributed by atoms with Crippen molar-refractivity contribution in [1.29, 1.82) is 0 Å². The van der Waals surface area contributed by atoms with Gasteiger partial charge in [0.15, 0.2) is 11.6 Å². The third kappa shape index (κ3) is 10.1. The van der Waals surface area contributed by atoms with Gasteiger partial charge in [-0.25, -0.2) is 13.6 Å². The maximum Gasteiger partial charge on any atom is 0.333 e. The molecule has 2 aliphatic carbocycles. The van der Waals surface area contributed by atoms with Gasteiger partial charge in [0, 0.05) is 17.7 Å². The Bertz CT molecular complexity index is 1320. The van der Waals surface area contributed by atoms with Crippen molar-refractivity contribution in [1.82, 2.24) is 0 Å². The van der Waals surface area contributed by atoms with Crippen LogP contribution < -0.4 is 5.19 Å². The van der Waals surface area contributed by atoms with E-state index >= 15 is 8.78 Å². The fourth-order valence-corrected chi connectivity index (χ4v) is 11.4. The monoisotopic (exact) mass is 666 g/mol. The van der Waals surface area contributed by atoms with Crippen LogP contribution in [-0.4, -0.2) is 25.8 Å². The second-order valence-corrected chi connectivity index (χ2v) is 20.2. The Morgan fingerprint density at radius 1 is 0.894 bits per heavy atom. The summed E-state index contributed by atoms with van der Waals surface area (Å²) < 4.78 is 37.2. The number of ether oxygens (including phenoxy) is 1. The minimum absolute atomic E-state index is 0.0634. The maximum absolute atomic E-state index is 15.9. The van der Waals surface area contributed by atoms with Crippen LogP contribution in [0.3, 0.4) is 0 Å². The number of esters is 1. The van der Waals surface area contributed by atoms with Gasteiger partial charge < -0.3 is 9.84 Å². The highest BCUT2D eigenvalue weighted by Crippen LogP contribution is 2.45. The summed E-state index contributed by atoms with van der Waals surface area (Å²) >= 11 is 0. The van der Waals surface area contributed by atoms with Gasteiger partial charge >= 0.3 is 5.97 Å². The number of unbranched alkanes of at least 4 members (excludes halogenated alkanes) is 4. The van der Waals surface area contributed by atoms with Gasteiger partial charge in [0.05, 0.1) is 8.07 Å².